The number of likely N-dealkylation sites (tertiary alicyclic amines) is 2. The first-order valence-electron chi connectivity index (χ1n) is 9.63. The van der Waals surface area contributed by atoms with Crippen LogP contribution in [-0.2, 0) is 14.4 Å². The highest BCUT2D eigenvalue weighted by atomic mass is 16.5. The van der Waals surface area contributed by atoms with Crippen LogP contribution in [-0.4, -0.2) is 76.7 Å². The molecule has 1 amide bonds. The van der Waals surface area contributed by atoms with Crippen molar-refractivity contribution in [3.05, 3.63) is 30.3 Å². The summed E-state index contributed by atoms with van der Waals surface area (Å²) in [5.41, 5.74) is 0. The summed E-state index contributed by atoms with van der Waals surface area (Å²) in [6, 6.07) is 10.2. The molecule has 3 rings (SSSR count). The largest absolute Gasteiger partial charge is 0.484 e. The van der Waals surface area contributed by atoms with Crippen molar-refractivity contribution in [2.24, 2.45) is 0 Å². The first kappa shape index (κ1) is 21.7. The molecule has 2 aliphatic rings. The zero-order chi connectivity index (χ0) is 20.4. The molecule has 0 saturated carbocycles. The van der Waals surface area contributed by atoms with Gasteiger partial charge in [-0.25, -0.2) is 9.59 Å². The van der Waals surface area contributed by atoms with Gasteiger partial charge in [-0.1, -0.05) is 24.6 Å². The molecule has 1 aromatic carbocycles. The second-order valence-electron chi connectivity index (χ2n) is 6.92. The Hall–Kier alpha value is -2.61. The van der Waals surface area contributed by atoms with Crippen LogP contribution in [0.3, 0.4) is 0 Å². The van der Waals surface area contributed by atoms with E-state index in [2.05, 4.69) is 4.90 Å². The Labute approximate surface area is 164 Å². The molecule has 2 aliphatic heterocycles. The van der Waals surface area contributed by atoms with Crippen molar-refractivity contribution >= 4 is 17.8 Å². The van der Waals surface area contributed by atoms with Crippen LogP contribution in [0.15, 0.2) is 30.3 Å². The zero-order valence-corrected chi connectivity index (χ0v) is 16.0. The van der Waals surface area contributed by atoms with E-state index in [1.54, 1.807) is 0 Å². The number of piperidine rings is 2. The van der Waals surface area contributed by atoms with Gasteiger partial charge in [0.2, 0.25) is 0 Å². The van der Waals surface area contributed by atoms with Gasteiger partial charge < -0.3 is 24.7 Å². The molecule has 0 aliphatic carbocycles. The lowest BCUT2D eigenvalue weighted by molar-refractivity contribution is -0.159. The maximum Gasteiger partial charge on any atom is 0.414 e. The average molecular weight is 392 g/mol. The highest BCUT2D eigenvalue weighted by molar-refractivity contribution is 6.27. The molecular weight excluding hydrogens is 364 g/mol. The number of hydrogen-bond donors (Lipinski definition) is 2. The molecule has 2 N–H and O–H groups in total. The summed E-state index contributed by atoms with van der Waals surface area (Å²) >= 11 is 0. The number of aliphatic carboxylic acids is 2. The van der Waals surface area contributed by atoms with E-state index in [0.717, 1.165) is 31.7 Å². The van der Waals surface area contributed by atoms with Gasteiger partial charge in [0, 0.05) is 19.1 Å². The van der Waals surface area contributed by atoms with E-state index in [0.29, 0.717) is 6.04 Å². The minimum Gasteiger partial charge on any atom is -0.484 e. The average Bonchev–Trinajstić information content (AvgIpc) is 2.74. The number of para-hydroxylation sites is 1. The maximum atomic E-state index is 12.2. The van der Waals surface area contributed by atoms with Crippen molar-refractivity contribution in [3.63, 3.8) is 0 Å². The topological polar surface area (TPSA) is 107 Å². The third-order valence-electron chi connectivity index (χ3n) is 5.01. The Bertz CT molecular complexity index is 625. The van der Waals surface area contributed by atoms with E-state index >= 15 is 0 Å². The molecule has 0 aromatic heterocycles. The lowest BCUT2D eigenvalue weighted by atomic mass is 10.00. The van der Waals surface area contributed by atoms with Gasteiger partial charge in [0.25, 0.3) is 5.91 Å². The van der Waals surface area contributed by atoms with Crippen LogP contribution >= 0.6 is 0 Å². The van der Waals surface area contributed by atoms with Crippen molar-refractivity contribution in [2.45, 2.75) is 38.1 Å². The van der Waals surface area contributed by atoms with Gasteiger partial charge in [-0.3, -0.25) is 4.79 Å². The fourth-order valence-corrected chi connectivity index (χ4v) is 3.52. The van der Waals surface area contributed by atoms with Crippen LogP contribution in [0.2, 0.25) is 0 Å². The van der Waals surface area contributed by atoms with Crippen LogP contribution in [0.25, 0.3) is 0 Å². The standard InChI is InChI=1S/C18H26N2O2.C2H2O4/c21-18(15-22-17-7-3-1-4-8-17)20-13-9-16(10-14-20)19-11-5-2-6-12-19;3-1(4)2(5)6/h1,3-4,7-8,16H,2,5-6,9-15H2;(H,3,4)(H,5,6). The Kier molecular flexibility index (Phi) is 8.74. The van der Waals surface area contributed by atoms with Gasteiger partial charge >= 0.3 is 11.9 Å². The van der Waals surface area contributed by atoms with E-state index in [1.165, 1.54) is 32.4 Å². The molecule has 0 atom stereocenters. The molecule has 154 valence electrons. The molecule has 8 nitrogen and oxygen atoms in total. The fourth-order valence-electron chi connectivity index (χ4n) is 3.52. The lowest BCUT2D eigenvalue weighted by Crippen LogP contribution is -2.49. The highest BCUT2D eigenvalue weighted by Crippen LogP contribution is 2.21. The number of amides is 1. The second kappa shape index (κ2) is 11.3. The van der Waals surface area contributed by atoms with Crippen LogP contribution in [0, 0.1) is 0 Å². The third-order valence-corrected chi connectivity index (χ3v) is 5.01. The fraction of sp³-hybridized carbons (Fsp3) is 0.550. The smallest absolute Gasteiger partial charge is 0.414 e. The van der Waals surface area contributed by atoms with Gasteiger partial charge in [-0.15, -0.1) is 0 Å². The molecule has 28 heavy (non-hydrogen) atoms. The number of carbonyl (C=O) groups is 3. The molecule has 0 spiro atoms. The molecule has 8 heteroatoms. The minimum atomic E-state index is -1.82. The number of rotatable bonds is 4. The Morgan fingerprint density at radius 1 is 0.893 bits per heavy atom. The van der Waals surface area contributed by atoms with Gasteiger partial charge in [-0.05, 0) is 50.9 Å². The van der Waals surface area contributed by atoms with Gasteiger partial charge in [0.1, 0.15) is 5.75 Å². The molecule has 2 saturated heterocycles. The van der Waals surface area contributed by atoms with Crippen LogP contribution < -0.4 is 4.74 Å². The number of carboxylic acids is 2. The van der Waals surface area contributed by atoms with E-state index in [1.807, 2.05) is 35.2 Å². The predicted molar refractivity (Wildman–Crippen MR) is 102 cm³/mol. The molecule has 2 fully saturated rings. The highest BCUT2D eigenvalue weighted by Gasteiger charge is 2.27. The number of ether oxygens (including phenoxy) is 1. The Morgan fingerprint density at radius 3 is 2.00 bits per heavy atom. The first-order valence-corrected chi connectivity index (χ1v) is 9.63. The normalized spacial score (nSPS) is 17.9. The van der Waals surface area contributed by atoms with Crippen molar-refractivity contribution in [1.82, 2.24) is 9.80 Å². The minimum absolute atomic E-state index is 0.112. The maximum absolute atomic E-state index is 12.2. The Balaban J connectivity index is 0.000000409. The van der Waals surface area contributed by atoms with Crippen LogP contribution in [0.4, 0.5) is 0 Å². The van der Waals surface area contributed by atoms with Gasteiger partial charge in [-0.2, -0.15) is 0 Å². The molecule has 0 bridgehead atoms. The van der Waals surface area contributed by atoms with Crippen molar-refractivity contribution < 1.29 is 29.3 Å². The number of benzene rings is 1. The summed E-state index contributed by atoms with van der Waals surface area (Å²) < 4.78 is 5.56. The zero-order valence-electron chi connectivity index (χ0n) is 16.0. The van der Waals surface area contributed by atoms with E-state index in [9.17, 15) is 4.79 Å². The van der Waals surface area contributed by atoms with E-state index in [-0.39, 0.29) is 12.5 Å². The van der Waals surface area contributed by atoms with Gasteiger partial charge in [0.05, 0.1) is 0 Å². The summed E-state index contributed by atoms with van der Waals surface area (Å²) in [5.74, 6) is -2.77. The molecule has 1 aromatic rings. The molecule has 0 radical (unpaired) electrons. The second-order valence-corrected chi connectivity index (χ2v) is 6.92. The molecule has 0 unspecified atom stereocenters. The number of nitrogens with zero attached hydrogens (tertiary/aromatic N) is 2. The quantitative estimate of drug-likeness (QED) is 0.751. The Morgan fingerprint density at radius 2 is 1.46 bits per heavy atom. The third kappa shape index (κ3) is 7.19. The van der Waals surface area contributed by atoms with Crippen LogP contribution in [0.5, 0.6) is 5.75 Å². The van der Waals surface area contributed by atoms with Crippen LogP contribution in [0.1, 0.15) is 32.1 Å². The number of hydrogen-bond acceptors (Lipinski definition) is 5. The predicted octanol–water partition coefficient (Wildman–Crippen LogP) is 1.70. The number of carbonyl (C=O) groups excluding carboxylic acids is 1. The first-order chi connectivity index (χ1) is 13.5. The van der Waals surface area contributed by atoms with Crippen molar-refractivity contribution in [3.8, 4) is 5.75 Å². The summed E-state index contributed by atoms with van der Waals surface area (Å²) in [6.45, 7) is 4.39. The summed E-state index contributed by atoms with van der Waals surface area (Å²) in [6.07, 6.45) is 6.27. The van der Waals surface area contributed by atoms with Gasteiger partial charge in [0.15, 0.2) is 6.61 Å². The van der Waals surface area contributed by atoms with E-state index < -0.39 is 11.9 Å². The lowest BCUT2D eigenvalue weighted by Gasteiger charge is -2.40. The summed E-state index contributed by atoms with van der Waals surface area (Å²) in [5, 5.41) is 14.8. The van der Waals surface area contributed by atoms with E-state index in [4.69, 9.17) is 24.5 Å². The van der Waals surface area contributed by atoms with Crippen molar-refractivity contribution in [1.29, 1.82) is 0 Å². The van der Waals surface area contributed by atoms with Crippen molar-refractivity contribution in [2.75, 3.05) is 32.8 Å². The summed E-state index contributed by atoms with van der Waals surface area (Å²) in [7, 11) is 0. The number of carboxylic acid groups (broad SMARTS) is 2. The molecular formula is C20H28N2O6. The molecule has 2 heterocycles. The SMILES string of the molecule is O=C(COc1ccccc1)N1CCC(N2CCCCC2)CC1.O=C(O)C(=O)O. The monoisotopic (exact) mass is 392 g/mol. The summed E-state index contributed by atoms with van der Waals surface area (Å²) in [4.78, 5) is 35.0.